The van der Waals surface area contributed by atoms with Crippen molar-refractivity contribution in [1.29, 1.82) is 0 Å². The molecule has 1 aliphatic rings. The first-order chi connectivity index (χ1) is 15.5. The lowest BCUT2D eigenvalue weighted by atomic mass is 10.0. The highest BCUT2D eigenvalue weighted by Crippen LogP contribution is 2.37. The Morgan fingerprint density at radius 2 is 1.72 bits per heavy atom. The molecule has 4 nitrogen and oxygen atoms in total. The van der Waals surface area contributed by atoms with Gasteiger partial charge >= 0.3 is 6.03 Å². The molecule has 1 N–H and O–H groups in total. The van der Waals surface area contributed by atoms with Crippen molar-refractivity contribution in [1.82, 2.24) is 9.47 Å². The predicted molar refractivity (Wildman–Crippen MR) is 120 cm³/mol. The van der Waals surface area contributed by atoms with Crippen LogP contribution in [0.5, 0.6) is 0 Å². The summed E-state index contributed by atoms with van der Waals surface area (Å²) in [6.45, 7) is 0.243. The molecule has 0 spiro atoms. The third-order valence-corrected chi connectivity index (χ3v) is 5.74. The van der Waals surface area contributed by atoms with Crippen LogP contribution in [0.25, 0.3) is 5.69 Å². The number of para-hydroxylation sites is 1. The first-order valence-electron chi connectivity index (χ1n) is 10.0. The van der Waals surface area contributed by atoms with Gasteiger partial charge in [0, 0.05) is 28.7 Å². The van der Waals surface area contributed by atoms with E-state index in [2.05, 4.69) is 5.32 Å². The SMILES string of the molecule is O=C(Nc1cccc(Cl)c1)N1Cc2ccccc2-n2cccc2C1c1cc(F)cc(F)c1. The summed E-state index contributed by atoms with van der Waals surface area (Å²) in [4.78, 5) is 15.1. The Labute approximate surface area is 188 Å². The van der Waals surface area contributed by atoms with Gasteiger partial charge in [-0.1, -0.05) is 35.9 Å². The van der Waals surface area contributed by atoms with E-state index in [0.29, 0.717) is 16.3 Å². The number of hydrogen-bond acceptors (Lipinski definition) is 1. The summed E-state index contributed by atoms with van der Waals surface area (Å²) in [5.41, 5.74) is 3.41. The van der Waals surface area contributed by atoms with Crippen LogP contribution in [0.3, 0.4) is 0 Å². The molecule has 0 saturated carbocycles. The number of aromatic nitrogens is 1. The second kappa shape index (κ2) is 8.13. The topological polar surface area (TPSA) is 37.3 Å². The van der Waals surface area contributed by atoms with E-state index in [1.807, 2.05) is 47.2 Å². The van der Waals surface area contributed by atoms with Crippen molar-refractivity contribution in [3.63, 3.8) is 0 Å². The van der Waals surface area contributed by atoms with Gasteiger partial charge in [0.05, 0.1) is 18.3 Å². The fourth-order valence-electron chi connectivity index (χ4n) is 4.18. The molecule has 32 heavy (non-hydrogen) atoms. The van der Waals surface area contributed by atoms with Gasteiger partial charge in [-0.2, -0.15) is 0 Å². The molecule has 7 heteroatoms. The van der Waals surface area contributed by atoms with Crippen molar-refractivity contribution in [2.45, 2.75) is 12.6 Å². The van der Waals surface area contributed by atoms with E-state index >= 15 is 0 Å². The Morgan fingerprint density at radius 1 is 0.938 bits per heavy atom. The quantitative estimate of drug-likeness (QED) is 0.370. The Hall–Kier alpha value is -3.64. The number of halogens is 3. The maximum absolute atomic E-state index is 14.2. The Bertz CT molecular complexity index is 1300. The van der Waals surface area contributed by atoms with Gasteiger partial charge in [0.1, 0.15) is 11.6 Å². The van der Waals surface area contributed by atoms with Crippen LogP contribution in [0.4, 0.5) is 19.3 Å². The van der Waals surface area contributed by atoms with Crippen molar-refractivity contribution in [2.75, 3.05) is 5.32 Å². The Balaban J connectivity index is 1.66. The standard InChI is InChI=1S/C25H18ClF2N3O/c26-18-6-3-7-21(13-18)29-25(32)31-15-16-5-1-2-8-22(16)30-10-4-9-23(30)24(31)17-11-19(27)14-20(28)12-17/h1-14,24H,15H2,(H,29,32). The van der Waals surface area contributed by atoms with Crippen LogP contribution in [0.1, 0.15) is 22.9 Å². The van der Waals surface area contributed by atoms with Crippen LogP contribution in [0.15, 0.2) is 85.1 Å². The molecule has 0 saturated heterocycles. The first kappa shape index (κ1) is 20.3. The number of hydrogen-bond donors (Lipinski definition) is 1. The monoisotopic (exact) mass is 449 g/mol. The maximum Gasteiger partial charge on any atom is 0.322 e. The van der Waals surface area contributed by atoms with Gasteiger partial charge < -0.3 is 14.8 Å². The second-order valence-electron chi connectivity index (χ2n) is 7.61. The van der Waals surface area contributed by atoms with Gasteiger partial charge in [-0.25, -0.2) is 13.6 Å². The summed E-state index contributed by atoms with van der Waals surface area (Å²) >= 11 is 6.07. The van der Waals surface area contributed by atoms with Gasteiger partial charge in [-0.3, -0.25) is 0 Å². The van der Waals surface area contributed by atoms with E-state index in [4.69, 9.17) is 11.6 Å². The molecule has 0 radical (unpaired) electrons. The van der Waals surface area contributed by atoms with Crippen LogP contribution >= 0.6 is 11.6 Å². The van der Waals surface area contributed by atoms with Crippen molar-refractivity contribution < 1.29 is 13.6 Å². The van der Waals surface area contributed by atoms with Crippen LogP contribution in [0.2, 0.25) is 5.02 Å². The molecule has 2 heterocycles. The highest BCUT2D eigenvalue weighted by molar-refractivity contribution is 6.30. The first-order valence-corrected chi connectivity index (χ1v) is 10.4. The number of carbonyl (C=O) groups is 1. The zero-order chi connectivity index (χ0) is 22.2. The molecular weight excluding hydrogens is 432 g/mol. The molecule has 160 valence electrons. The molecule has 1 unspecified atom stereocenters. The summed E-state index contributed by atoms with van der Waals surface area (Å²) in [5.74, 6) is -1.40. The molecule has 3 aromatic carbocycles. The van der Waals surface area contributed by atoms with Gasteiger partial charge in [0.2, 0.25) is 0 Å². The van der Waals surface area contributed by atoms with Crippen molar-refractivity contribution in [3.05, 3.63) is 119 Å². The summed E-state index contributed by atoms with van der Waals surface area (Å²) in [6, 6.07) is 20.5. The number of fused-ring (bicyclic) bond motifs is 3. The average Bonchev–Trinajstić information content (AvgIpc) is 3.17. The minimum absolute atomic E-state index is 0.243. The third kappa shape index (κ3) is 3.74. The highest BCUT2D eigenvalue weighted by Gasteiger charge is 2.33. The van der Waals surface area contributed by atoms with Gasteiger partial charge in [-0.05, 0) is 59.7 Å². The number of amides is 2. The molecule has 5 rings (SSSR count). The zero-order valence-electron chi connectivity index (χ0n) is 16.8. The van der Waals surface area contributed by atoms with Crippen molar-refractivity contribution in [3.8, 4) is 5.69 Å². The summed E-state index contributed by atoms with van der Waals surface area (Å²) in [7, 11) is 0. The van der Waals surface area contributed by atoms with Gasteiger partial charge in [0.25, 0.3) is 0 Å². The molecular formula is C25H18ClF2N3O. The van der Waals surface area contributed by atoms with E-state index in [0.717, 1.165) is 23.0 Å². The van der Waals surface area contributed by atoms with E-state index < -0.39 is 23.7 Å². The number of rotatable bonds is 2. The minimum atomic E-state index is -0.721. The highest BCUT2D eigenvalue weighted by atomic mass is 35.5. The number of nitrogens with one attached hydrogen (secondary N) is 1. The normalized spacial score (nSPS) is 15.0. The van der Waals surface area contributed by atoms with Crippen LogP contribution in [0, 0.1) is 11.6 Å². The number of urea groups is 1. The summed E-state index contributed by atoms with van der Waals surface area (Å²) in [6.07, 6.45) is 1.88. The molecule has 0 fully saturated rings. The predicted octanol–water partition coefficient (Wildman–Crippen LogP) is 6.55. The lowest BCUT2D eigenvalue weighted by Crippen LogP contribution is -2.38. The zero-order valence-corrected chi connectivity index (χ0v) is 17.6. The van der Waals surface area contributed by atoms with Gasteiger partial charge in [-0.15, -0.1) is 0 Å². The van der Waals surface area contributed by atoms with E-state index in [1.54, 1.807) is 29.2 Å². The summed E-state index contributed by atoms with van der Waals surface area (Å²) < 4.78 is 30.3. The van der Waals surface area contributed by atoms with Crippen LogP contribution in [-0.4, -0.2) is 15.5 Å². The van der Waals surface area contributed by atoms with Crippen molar-refractivity contribution in [2.24, 2.45) is 0 Å². The fourth-order valence-corrected chi connectivity index (χ4v) is 4.37. The fraction of sp³-hybridized carbons (Fsp3) is 0.0800. The molecule has 1 aromatic heterocycles. The van der Waals surface area contributed by atoms with Gasteiger partial charge in [0.15, 0.2) is 0 Å². The molecule has 1 aliphatic heterocycles. The third-order valence-electron chi connectivity index (χ3n) is 5.50. The molecule has 2 amide bonds. The number of anilines is 1. The minimum Gasteiger partial charge on any atom is -0.318 e. The van der Waals surface area contributed by atoms with E-state index in [9.17, 15) is 13.6 Å². The second-order valence-corrected chi connectivity index (χ2v) is 8.04. The van der Waals surface area contributed by atoms with Crippen LogP contribution in [-0.2, 0) is 6.54 Å². The van der Waals surface area contributed by atoms with E-state index in [-0.39, 0.29) is 6.54 Å². The Morgan fingerprint density at radius 3 is 2.50 bits per heavy atom. The smallest absolute Gasteiger partial charge is 0.318 e. The lowest BCUT2D eigenvalue weighted by Gasteiger charge is -2.31. The molecule has 0 aliphatic carbocycles. The average molecular weight is 450 g/mol. The largest absolute Gasteiger partial charge is 0.322 e. The van der Waals surface area contributed by atoms with E-state index in [1.165, 1.54) is 12.1 Å². The maximum atomic E-state index is 14.2. The molecule has 0 bridgehead atoms. The summed E-state index contributed by atoms with van der Waals surface area (Å²) in [5, 5.41) is 3.36. The molecule has 4 aromatic rings. The van der Waals surface area contributed by atoms with Crippen LogP contribution < -0.4 is 5.32 Å². The van der Waals surface area contributed by atoms with Crippen molar-refractivity contribution >= 4 is 23.3 Å². The Kier molecular flexibility index (Phi) is 5.15. The number of benzene rings is 3. The molecule has 1 atom stereocenters. The number of nitrogens with zero attached hydrogens (tertiary/aromatic N) is 2. The number of carbonyl (C=O) groups excluding carboxylic acids is 1. The lowest BCUT2D eigenvalue weighted by molar-refractivity contribution is 0.194.